The maximum absolute atomic E-state index is 4.46. The average Bonchev–Trinajstić information content (AvgIpc) is 2.38. The molecule has 18 heavy (non-hydrogen) atoms. The molecular formula is C15H23N3. The lowest BCUT2D eigenvalue weighted by molar-refractivity contribution is 0.545. The summed E-state index contributed by atoms with van der Waals surface area (Å²) in [4.78, 5) is 8.66. The van der Waals surface area contributed by atoms with E-state index in [2.05, 4.69) is 28.3 Å². The smallest absolute Gasteiger partial charge is 0.0798 e. The van der Waals surface area contributed by atoms with Gasteiger partial charge in [0, 0.05) is 12.4 Å². The largest absolute Gasteiger partial charge is 0.305 e. The molecule has 0 fully saturated rings. The van der Waals surface area contributed by atoms with E-state index in [1.807, 2.05) is 6.20 Å². The molecule has 3 nitrogen and oxygen atoms in total. The quantitative estimate of drug-likeness (QED) is 0.826. The Balaban J connectivity index is 2.17. The van der Waals surface area contributed by atoms with Crippen LogP contribution in [0.5, 0.6) is 0 Å². The number of hydrogen-bond donors (Lipinski definition) is 1. The lowest BCUT2D eigenvalue weighted by Crippen LogP contribution is -2.24. The highest BCUT2D eigenvalue weighted by Gasteiger charge is 2.17. The number of hydrogen-bond acceptors (Lipinski definition) is 3. The molecule has 1 heterocycles. The second kappa shape index (κ2) is 7.27. The highest BCUT2D eigenvalue weighted by Crippen LogP contribution is 2.27. The van der Waals surface area contributed by atoms with Crippen molar-refractivity contribution in [1.82, 2.24) is 15.3 Å². The van der Waals surface area contributed by atoms with Gasteiger partial charge in [-0.1, -0.05) is 31.4 Å². The van der Waals surface area contributed by atoms with Gasteiger partial charge >= 0.3 is 0 Å². The summed E-state index contributed by atoms with van der Waals surface area (Å²) in [7, 11) is 0. The summed E-state index contributed by atoms with van der Waals surface area (Å²) in [6, 6.07) is 0.252. The van der Waals surface area contributed by atoms with Gasteiger partial charge in [0.15, 0.2) is 0 Å². The zero-order chi connectivity index (χ0) is 12.6. The van der Waals surface area contributed by atoms with Crippen molar-refractivity contribution < 1.29 is 0 Å². The maximum atomic E-state index is 4.46. The minimum atomic E-state index is 0.252. The maximum Gasteiger partial charge on any atom is 0.0798 e. The molecule has 1 atom stereocenters. The Bertz CT molecular complexity index is 373. The van der Waals surface area contributed by atoms with Gasteiger partial charge in [-0.15, -0.1) is 0 Å². The molecule has 1 aliphatic rings. The summed E-state index contributed by atoms with van der Waals surface area (Å²) < 4.78 is 0. The summed E-state index contributed by atoms with van der Waals surface area (Å²) in [5, 5.41) is 3.55. The van der Waals surface area contributed by atoms with Gasteiger partial charge in [0.2, 0.25) is 0 Å². The van der Waals surface area contributed by atoms with E-state index in [9.17, 15) is 0 Å². The third-order valence-corrected chi connectivity index (χ3v) is 3.48. The van der Waals surface area contributed by atoms with Gasteiger partial charge in [0.25, 0.3) is 0 Å². The molecule has 0 saturated heterocycles. The Hall–Kier alpha value is -1.22. The van der Waals surface area contributed by atoms with Crippen LogP contribution >= 0.6 is 0 Å². The molecule has 0 radical (unpaired) electrons. The first-order valence-corrected chi connectivity index (χ1v) is 7.10. The van der Waals surface area contributed by atoms with Crippen molar-refractivity contribution in [2.75, 3.05) is 6.54 Å². The van der Waals surface area contributed by atoms with E-state index >= 15 is 0 Å². The number of nitrogens with zero attached hydrogens (tertiary/aromatic N) is 2. The predicted octanol–water partition coefficient (Wildman–Crippen LogP) is 3.41. The lowest BCUT2D eigenvalue weighted by Gasteiger charge is -2.22. The van der Waals surface area contributed by atoms with Crippen LogP contribution in [0.15, 0.2) is 30.2 Å². The molecule has 1 aromatic rings. The fourth-order valence-corrected chi connectivity index (χ4v) is 2.57. The molecule has 0 spiro atoms. The summed E-state index contributed by atoms with van der Waals surface area (Å²) in [5.74, 6) is 0. The summed E-state index contributed by atoms with van der Waals surface area (Å²) in [6.45, 7) is 3.10. The zero-order valence-corrected chi connectivity index (χ0v) is 11.2. The molecule has 1 aliphatic carbocycles. The molecule has 98 valence electrons. The molecule has 0 aliphatic heterocycles. The van der Waals surface area contributed by atoms with Crippen molar-refractivity contribution >= 4 is 0 Å². The van der Waals surface area contributed by atoms with Gasteiger partial charge in [0.05, 0.1) is 17.9 Å². The monoisotopic (exact) mass is 245 g/mol. The number of rotatable bonds is 4. The Labute approximate surface area is 110 Å². The van der Waals surface area contributed by atoms with Crippen LogP contribution in [-0.4, -0.2) is 16.5 Å². The van der Waals surface area contributed by atoms with Crippen LogP contribution in [0.25, 0.3) is 0 Å². The molecule has 2 rings (SSSR count). The van der Waals surface area contributed by atoms with Crippen LogP contribution in [-0.2, 0) is 0 Å². The molecule has 1 N–H and O–H groups in total. The van der Waals surface area contributed by atoms with E-state index in [4.69, 9.17) is 0 Å². The second-order valence-electron chi connectivity index (χ2n) is 4.85. The van der Waals surface area contributed by atoms with Crippen molar-refractivity contribution in [2.24, 2.45) is 0 Å². The first-order valence-electron chi connectivity index (χ1n) is 7.10. The third-order valence-electron chi connectivity index (χ3n) is 3.48. The van der Waals surface area contributed by atoms with Crippen LogP contribution in [0.3, 0.4) is 0 Å². The Morgan fingerprint density at radius 3 is 2.89 bits per heavy atom. The van der Waals surface area contributed by atoms with Gasteiger partial charge in [0.1, 0.15) is 0 Å². The minimum Gasteiger partial charge on any atom is -0.305 e. The standard InChI is InChI=1S/C15H23N3/c1-2-17-15(14-12-16-10-11-18-14)13-8-6-4-3-5-7-9-13/h8,10-12,15,17H,2-7,9H2,1H3/b13-8+. The molecule has 1 aromatic heterocycles. The van der Waals surface area contributed by atoms with E-state index < -0.39 is 0 Å². The highest BCUT2D eigenvalue weighted by atomic mass is 14.9. The van der Waals surface area contributed by atoms with Gasteiger partial charge in [-0.3, -0.25) is 9.97 Å². The fourth-order valence-electron chi connectivity index (χ4n) is 2.57. The third kappa shape index (κ3) is 3.64. The van der Waals surface area contributed by atoms with E-state index in [0.717, 1.165) is 12.2 Å². The van der Waals surface area contributed by atoms with Crippen molar-refractivity contribution in [3.63, 3.8) is 0 Å². The van der Waals surface area contributed by atoms with E-state index in [1.54, 1.807) is 12.4 Å². The Morgan fingerprint density at radius 2 is 2.11 bits per heavy atom. The lowest BCUT2D eigenvalue weighted by atomic mass is 9.93. The van der Waals surface area contributed by atoms with Crippen molar-refractivity contribution in [3.05, 3.63) is 35.9 Å². The van der Waals surface area contributed by atoms with E-state index in [1.165, 1.54) is 44.1 Å². The van der Waals surface area contributed by atoms with Crippen molar-refractivity contribution in [2.45, 2.75) is 51.5 Å². The number of allylic oxidation sites excluding steroid dienone is 1. The average molecular weight is 245 g/mol. The highest BCUT2D eigenvalue weighted by molar-refractivity contribution is 5.21. The topological polar surface area (TPSA) is 37.8 Å². The summed E-state index contributed by atoms with van der Waals surface area (Å²) in [6.07, 6.45) is 15.6. The normalized spacial score (nSPS) is 21.5. The molecule has 1 unspecified atom stereocenters. The molecular weight excluding hydrogens is 222 g/mol. The van der Waals surface area contributed by atoms with Gasteiger partial charge in [-0.25, -0.2) is 0 Å². The van der Waals surface area contributed by atoms with Gasteiger partial charge in [-0.2, -0.15) is 0 Å². The SMILES string of the molecule is CCNC(/C1=C/CCCCCC1)c1cnccn1. The Kier molecular flexibility index (Phi) is 5.34. The van der Waals surface area contributed by atoms with Crippen LogP contribution in [0.4, 0.5) is 0 Å². The summed E-state index contributed by atoms with van der Waals surface area (Å²) in [5.41, 5.74) is 2.54. The van der Waals surface area contributed by atoms with Crippen LogP contribution in [0, 0.1) is 0 Å². The molecule has 0 aromatic carbocycles. The molecule has 3 heteroatoms. The second-order valence-corrected chi connectivity index (χ2v) is 4.85. The number of aromatic nitrogens is 2. The van der Waals surface area contributed by atoms with Crippen LogP contribution in [0.1, 0.15) is 57.2 Å². The van der Waals surface area contributed by atoms with Crippen LogP contribution in [0.2, 0.25) is 0 Å². The first-order chi connectivity index (χ1) is 8.92. The predicted molar refractivity (Wildman–Crippen MR) is 74.2 cm³/mol. The van der Waals surface area contributed by atoms with Crippen molar-refractivity contribution in [3.8, 4) is 0 Å². The van der Waals surface area contributed by atoms with Crippen molar-refractivity contribution in [1.29, 1.82) is 0 Å². The number of likely N-dealkylation sites (N-methyl/N-ethyl adjacent to an activating group) is 1. The zero-order valence-electron chi connectivity index (χ0n) is 11.2. The van der Waals surface area contributed by atoms with E-state index in [-0.39, 0.29) is 6.04 Å². The number of nitrogens with one attached hydrogen (secondary N) is 1. The molecule has 0 amide bonds. The molecule has 0 bridgehead atoms. The van der Waals surface area contributed by atoms with Gasteiger partial charge in [-0.05, 0) is 32.2 Å². The first kappa shape index (κ1) is 13.2. The molecule has 0 saturated carbocycles. The van der Waals surface area contributed by atoms with E-state index in [0.29, 0.717) is 0 Å². The fraction of sp³-hybridized carbons (Fsp3) is 0.600. The summed E-state index contributed by atoms with van der Waals surface area (Å²) >= 11 is 0. The Morgan fingerprint density at radius 1 is 1.22 bits per heavy atom. The van der Waals surface area contributed by atoms with Gasteiger partial charge < -0.3 is 5.32 Å². The minimum absolute atomic E-state index is 0.252. The van der Waals surface area contributed by atoms with Crippen LogP contribution < -0.4 is 5.32 Å².